The number of pyridine rings is 1. The molecule has 1 aromatic rings. The molecule has 0 aromatic carbocycles. The van der Waals surface area contributed by atoms with Gasteiger partial charge in [-0.05, 0) is 12.8 Å². The lowest BCUT2D eigenvalue weighted by Crippen LogP contribution is -2.39. The van der Waals surface area contributed by atoms with E-state index in [-0.39, 0.29) is 23.6 Å². The minimum atomic E-state index is -1.27. The molecule has 2 rings (SSSR count). The van der Waals surface area contributed by atoms with Crippen LogP contribution in [0, 0.1) is 10.1 Å². The SMILES string of the molecule is O=C(O)c1cc([N+](=O)[O-])cnc1N1CCCC(O)C1. The summed E-state index contributed by atoms with van der Waals surface area (Å²) in [6.45, 7) is 0.854. The van der Waals surface area contributed by atoms with E-state index in [4.69, 9.17) is 5.11 Å². The van der Waals surface area contributed by atoms with E-state index in [0.29, 0.717) is 13.0 Å². The molecule has 2 N–H and O–H groups in total. The van der Waals surface area contributed by atoms with Crippen LogP contribution in [0.4, 0.5) is 11.5 Å². The molecular weight excluding hydrogens is 254 g/mol. The zero-order valence-electron chi connectivity index (χ0n) is 10.0. The highest BCUT2D eigenvalue weighted by atomic mass is 16.6. The fraction of sp³-hybridized carbons (Fsp3) is 0.455. The molecule has 1 aliphatic heterocycles. The third-order valence-corrected chi connectivity index (χ3v) is 2.99. The number of hydrogen-bond acceptors (Lipinski definition) is 6. The van der Waals surface area contributed by atoms with Crippen LogP contribution >= 0.6 is 0 Å². The smallest absolute Gasteiger partial charge is 0.339 e. The number of hydrogen-bond donors (Lipinski definition) is 2. The number of aromatic nitrogens is 1. The van der Waals surface area contributed by atoms with Gasteiger partial charge in [0.2, 0.25) is 0 Å². The molecule has 0 aliphatic carbocycles. The summed E-state index contributed by atoms with van der Waals surface area (Å²) in [4.78, 5) is 26.6. The molecule has 1 aromatic heterocycles. The quantitative estimate of drug-likeness (QED) is 0.609. The maximum absolute atomic E-state index is 11.2. The van der Waals surface area contributed by atoms with Gasteiger partial charge in [-0.2, -0.15) is 0 Å². The zero-order chi connectivity index (χ0) is 14.0. The Morgan fingerprint density at radius 1 is 1.58 bits per heavy atom. The molecule has 0 amide bonds. The average molecular weight is 267 g/mol. The second-order valence-corrected chi connectivity index (χ2v) is 4.37. The lowest BCUT2D eigenvalue weighted by Gasteiger charge is -2.31. The van der Waals surface area contributed by atoms with Crippen LogP contribution in [0.2, 0.25) is 0 Å². The van der Waals surface area contributed by atoms with E-state index >= 15 is 0 Å². The summed E-state index contributed by atoms with van der Waals surface area (Å²) in [6.07, 6.45) is 1.88. The molecule has 1 unspecified atom stereocenters. The maximum atomic E-state index is 11.2. The first-order chi connectivity index (χ1) is 8.99. The number of carboxylic acids is 1. The standard InChI is InChI=1S/C11H13N3O5/c15-8-2-1-3-13(6-8)10-9(11(16)17)4-7(5-12-10)14(18)19/h4-5,8,15H,1-3,6H2,(H,16,17). The molecule has 0 bridgehead atoms. The Labute approximate surface area is 108 Å². The van der Waals surface area contributed by atoms with Gasteiger partial charge >= 0.3 is 5.97 Å². The van der Waals surface area contributed by atoms with Crippen molar-refractivity contribution in [3.05, 3.63) is 27.9 Å². The number of carbonyl (C=O) groups is 1. The van der Waals surface area contributed by atoms with E-state index in [9.17, 15) is 20.0 Å². The maximum Gasteiger partial charge on any atom is 0.339 e. The van der Waals surface area contributed by atoms with E-state index in [2.05, 4.69) is 4.98 Å². The second kappa shape index (κ2) is 5.19. The topological polar surface area (TPSA) is 117 Å². The van der Waals surface area contributed by atoms with Gasteiger partial charge in [-0.25, -0.2) is 9.78 Å². The molecule has 1 fully saturated rings. The van der Waals surface area contributed by atoms with Gasteiger partial charge in [0.1, 0.15) is 17.6 Å². The first kappa shape index (κ1) is 13.2. The van der Waals surface area contributed by atoms with Gasteiger partial charge in [0.25, 0.3) is 5.69 Å². The Kier molecular flexibility index (Phi) is 3.61. The summed E-state index contributed by atoms with van der Waals surface area (Å²) in [7, 11) is 0. The van der Waals surface area contributed by atoms with E-state index in [1.54, 1.807) is 4.90 Å². The van der Waals surface area contributed by atoms with Crippen molar-refractivity contribution in [3.63, 3.8) is 0 Å². The molecule has 8 nitrogen and oxygen atoms in total. The number of carboxylic acid groups (broad SMARTS) is 1. The fourth-order valence-corrected chi connectivity index (χ4v) is 2.10. The summed E-state index contributed by atoms with van der Waals surface area (Å²) in [5, 5.41) is 29.3. The largest absolute Gasteiger partial charge is 0.478 e. The molecule has 0 saturated carbocycles. The van der Waals surface area contributed by atoms with E-state index < -0.39 is 17.0 Å². The van der Waals surface area contributed by atoms with Gasteiger partial charge in [-0.15, -0.1) is 0 Å². The van der Waals surface area contributed by atoms with Crippen molar-refractivity contribution in [2.45, 2.75) is 18.9 Å². The minimum Gasteiger partial charge on any atom is -0.478 e. The third-order valence-electron chi connectivity index (χ3n) is 2.99. The lowest BCUT2D eigenvalue weighted by atomic mass is 10.1. The van der Waals surface area contributed by atoms with Crippen LogP contribution in [0.5, 0.6) is 0 Å². The molecule has 0 radical (unpaired) electrons. The summed E-state index contributed by atoms with van der Waals surface area (Å²) in [6, 6.07) is 0.992. The molecule has 1 saturated heterocycles. The first-order valence-corrected chi connectivity index (χ1v) is 5.80. The average Bonchev–Trinajstić information content (AvgIpc) is 2.37. The summed E-state index contributed by atoms with van der Waals surface area (Å²) >= 11 is 0. The summed E-state index contributed by atoms with van der Waals surface area (Å²) < 4.78 is 0. The Hall–Kier alpha value is -2.22. The van der Waals surface area contributed by atoms with Gasteiger partial charge in [0, 0.05) is 19.2 Å². The number of aromatic carboxylic acids is 1. The highest BCUT2D eigenvalue weighted by molar-refractivity contribution is 5.94. The molecule has 102 valence electrons. The molecule has 19 heavy (non-hydrogen) atoms. The van der Waals surface area contributed by atoms with Crippen LogP contribution in [-0.2, 0) is 0 Å². The third kappa shape index (κ3) is 2.79. The molecule has 8 heteroatoms. The molecule has 0 spiro atoms. The van der Waals surface area contributed by atoms with Crippen molar-refractivity contribution >= 4 is 17.5 Å². The van der Waals surface area contributed by atoms with Crippen LogP contribution in [0.25, 0.3) is 0 Å². The van der Waals surface area contributed by atoms with Crippen LogP contribution in [0.1, 0.15) is 23.2 Å². The number of piperidine rings is 1. The Balaban J connectivity index is 2.38. The molecular formula is C11H13N3O5. The van der Waals surface area contributed by atoms with Gasteiger partial charge in [0.15, 0.2) is 0 Å². The van der Waals surface area contributed by atoms with Crippen molar-refractivity contribution in [2.75, 3.05) is 18.0 Å². The van der Waals surface area contributed by atoms with E-state index in [0.717, 1.165) is 18.7 Å². The van der Waals surface area contributed by atoms with Crippen LogP contribution in [0.3, 0.4) is 0 Å². The summed E-state index contributed by atoms with van der Waals surface area (Å²) in [5.74, 6) is -1.11. The lowest BCUT2D eigenvalue weighted by molar-refractivity contribution is -0.385. The van der Waals surface area contributed by atoms with Crippen LogP contribution in [-0.4, -0.2) is 45.3 Å². The van der Waals surface area contributed by atoms with Crippen LogP contribution < -0.4 is 4.90 Å². The van der Waals surface area contributed by atoms with Crippen LogP contribution in [0.15, 0.2) is 12.3 Å². The Morgan fingerprint density at radius 2 is 2.32 bits per heavy atom. The monoisotopic (exact) mass is 267 g/mol. The number of nitro groups is 1. The zero-order valence-corrected chi connectivity index (χ0v) is 10.0. The van der Waals surface area contributed by atoms with Crippen molar-refractivity contribution in [2.24, 2.45) is 0 Å². The molecule has 1 aliphatic rings. The van der Waals surface area contributed by atoms with Gasteiger partial charge in [-0.1, -0.05) is 0 Å². The highest BCUT2D eigenvalue weighted by Crippen LogP contribution is 2.25. The predicted molar refractivity (Wildman–Crippen MR) is 65.3 cm³/mol. The number of β-amino-alcohol motifs (C(OH)–C–C–N with tert-alkyl or cyclic N) is 1. The van der Waals surface area contributed by atoms with Crippen molar-refractivity contribution in [1.29, 1.82) is 0 Å². The van der Waals surface area contributed by atoms with E-state index in [1.165, 1.54) is 0 Å². The van der Waals surface area contributed by atoms with Gasteiger partial charge < -0.3 is 15.1 Å². The number of anilines is 1. The predicted octanol–water partition coefficient (Wildman–Crippen LogP) is 0.649. The number of nitrogens with zero attached hydrogens (tertiary/aromatic N) is 3. The number of rotatable bonds is 3. The van der Waals surface area contributed by atoms with E-state index in [1.807, 2.05) is 0 Å². The van der Waals surface area contributed by atoms with Gasteiger partial charge in [0.05, 0.1) is 11.0 Å². The second-order valence-electron chi connectivity index (χ2n) is 4.37. The molecule has 1 atom stereocenters. The fourth-order valence-electron chi connectivity index (χ4n) is 2.10. The highest BCUT2D eigenvalue weighted by Gasteiger charge is 2.25. The number of aliphatic hydroxyl groups excluding tert-OH is 1. The minimum absolute atomic E-state index is 0.164. The first-order valence-electron chi connectivity index (χ1n) is 5.80. The normalized spacial score (nSPS) is 19.2. The molecule has 2 heterocycles. The Bertz CT molecular complexity index is 519. The van der Waals surface area contributed by atoms with Gasteiger partial charge in [-0.3, -0.25) is 10.1 Å². The number of aliphatic hydroxyl groups is 1. The summed E-state index contributed by atoms with van der Waals surface area (Å²) in [5.41, 5.74) is -0.581. The van der Waals surface area contributed by atoms with Crippen molar-refractivity contribution in [3.8, 4) is 0 Å². The van der Waals surface area contributed by atoms with Crippen molar-refractivity contribution in [1.82, 2.24) is 4.98 Å². The van der Waals surface area contributed by atoms with Crippen molar-refractivity contribution < 1.29 is 19.9 Å². The Morgan fingerprint density at radius 3 is 2.89 bits per heavy atom.